The zero-order valence-corrected chi connectivity index (χ0v) is 14.8. The molecule has 0 bridgehead atoms. The predicted molar refractivity (Wildman–Crippen MR) is 98.7 cm³/mol. The van der Waals surface area contributed by atoms with Crippen molar-refractivity contribution in [2.45, 2.75) is 43.7 Å². The molecule has 2 N–H and O–H groups in total. The molecule has 0 radical (unpaired) electrons. The number of anilines is 1. The third-order valence-corrected chi connectivity index (χ3v) is 6.38. The normalized spacial score (nSPS) is 31.1. The van der Waals surface area contributed by atoms with Crippen LogP contribution in [0.2, 0.25) is 0 Å². The summed E-state index contributed by atoms with van der Waals surface area (Å²) in [6, 6.07) is 9.53. The summed E-state index contributed by atoms with van der Waals surface area (Å²) < 4.78 is 5.45. The van der Waals surface area contributed by atoms with Crippen LogP contribution in [0.4, 0.5) is 5.69 Å². The number of rotatable bonds is 5. The average molecular weight is 329 g/mol. The van der Waals surface area contributed by atoms with Crippen molar-refractivity contribution in [1.29, 1.82) is 0 Å². The second-order valence-electron chi connectivity index (χ2n) is 7.74. The molecule has 4 heteroatoms. The second kappa shape index (κ2) is 7.42. The van der Waals surface area contributed by atoms with E-state index in [1.807, 2.05) is 7.11 Å². The lowest BCUT2D eigenvalue weighted by molar-refractivity contribution is 0.116. The standard InChI is InChI=1S/C20H31N3O/c1-24-17-12-16(21-13-17)8-11-23-9-6-15(7-10-23)19-14-22-20-5-3-2-4-18(19)20/h2-5,15-17,19,21-22H,6-14H2,1H3/t16-,17-,19?/m1/s1. The molecule has 0 aliphatic carbocycles. The summed E-state index contributed by atoms with van der Waals surface area (Å²) in [4.78, 5) is 2.67. The molecule has 132 valence electrons. The van der Waals surface area contributed by atoms with Gasteiger partial charge in [0.2, 0.25) is 0 Å². The van der Waals surface area contributed by atoms with Crippen molar-refractivity contribution >= 4 is 5.69 Å². The monoisotopic (exact) mass is 329 g/mol. The number of benzene rings is 1. The van der Waals surface area contributed by atoms with Gasteiger partial charge in [-0.05, 0) is 62.9 Å². The van der Waals surface area contributed by atoms with E-state index < -0.39 is 0 Å². The molecule has 1 aromatic rings. The van der Waals surface area contributed by atoms with Gasteiger partial charge < -0.3 is 20.3 Å². The van der Waals surface area contributed by atoms with Gasteiger partial charge in [-0.3, -0.25) is 0 Å². The van der Waals surface area contributed by atoms with Crippen LogP contribution in [0.25, 0.3) is 0 Å². The highest BCUT2D eigenvalue weighted by Gasteiger charge is 2.32. The van der Waals surface area contributed by atoms with Gasteiger partial charge in [-0.2, -0.15) is 0 Å². The fraction of sp³-hybridized carbons (Fsp3) is 0.700. The summed E-state index contributed by atoms with van der Waals surface area (Å²) in [5, 5.41) is 7.20. The van der Waals surface area contributed by atoms with Crippen molar-refractivity contribution in [3.63, 3.8) is 0 Å². The first kappa shape index (κ1) is 16.4. The molecule has 24 heavy (non-hydrogen) atoms. The predicted octanol–water partition coefficient (Wildman–Crippen LogP) is 2.67. The summed E-state index contributed by atoms with van der Waals surface area (Å²) >= 11 is 0. The van der Waals surface area contributed by atoms with Crippen LogP contribution in [-0.2, 0) is 4.74 Å². The van der Waals surface area contributed by atoms with E-state index in [-0.39, 0.29) is 0 Å². The molecule has 4 nitrogen and oxygen atoms in total. The minimum absolute atomic E-state index is 0.427. The molecule has 1 unspecified atom stereocenters. The van der Waals surface area contributed by atoms with E-state index in [9.17, 15) is 0 Å². The summed E-state index contributed by atoms with van der Waals surface area (Å²) in [6.07, 6.45) is 5.56. The SMILES string of the molecule is CO[C@H]1CN[C@H](CCN2CCC(C3CNc4ccccc43)CC2)C1. The number of para-hydroxylation sites is 1. The van der Waals surface area contributed by atoms with E-state index in [0.29, 0.717) is 12.1 Å². The minimum Gasteiger partial charge on any atom is -0.384 e. The van der Waals surface area contributed by atoms with Gasteiger partial charge >= 0.3 is 0 Å². The number of nitrogens with zero attached hydrogens (tertiary/aromatic N) is 1. The van der Waals surface area contributed by atoms with Crippen LogP contribution in [0, 0.1) is 5.92 Å². The van der Waals surface area contributed by atoms with Crippen molar-refractivity contribution in [2.75, 3.05) is 45.2 Å². The number of fused-ring (bicyclic) bond motifs is 1. The molecule has 0 saturated carbocycles. The van der Waals surface area contributed by atoms with Crippen molar-refractivity contribution < 1.29 is 4.74 Å². The lowest BCUT2D eigenvalue weighted by Crippen LogP contribution is -2.38. The summed E-state index contributed by atoms with van der Waals surface area (Å²) in [6.45, 7) is 5.93. The van der Waals surface area contributed by atoms with Gasteiger partial charge in [0.25, 0.3) is 0 Å². The quantitative estimate of drug-likeness (QED) is 0.871. The van der Waals surface area contributed by atoms with Gasteiger partial charge in [-0.15, -0.1) is 0 Å². The molecule has 4 rings (SSSR count). The highest BCUT2D eigenvalue weighted by Crippen LogP contribution is 2.40. The number of hydrogen-bond donors (Lipinski definition) is 2. The molecule has 3 aliphatic heterocycles. The Balaban J connectivity index is 1.23. The van der Waals surface area contributed by atoms with E-state index in [4.69, 9.17) is 4.74 Å². The van der Waals surface area contributed by atoms with Crippen LogP contribution in [0.15, 0.2) is 24.3 Å². The zero-order chi connectivity index (χ0) is 16.4. The van der Waals surface area contributed by atoms with Crippen molar-refractivity contribution in [2.24, 2.45) is 5.92 Å². The maximum atomic E-state index is 5.45. The lowest BCUT2D eigenvalue weighted by atomic mass is 9.81. The molecule has 2 fully saturated rings. The average Bonchev–Trinajstić information content (AvgIpc) is 3.27. The maximum absolute atomic E-state index is 5.45. The number of ether oxygens (including phenoxy) is 1. The summed E-state index contributed by atoms with van der Waals surface area (Å²) in [7, 11) is 1.83. The van der Waals surface area contributed by atoms with Gasteiger partial charge in [-0.25, -0.2) is 0 Å². The van der Waals surface area contributed by atoms with E-state index in [0.717, 1.165) is 24.9 Å². The Morgan fingerprint density at radius 2 is 2.00 bits per heavy atom. The Hall–Kier alpha value is -1.10. The summed E-state index contributed by atoms with van der Waals surface area (Å²) in [5.41, 5.74) is 2.92. The molecule has 0 spiro atoms. The Morgan fingerprint density at radius 1 is 1.17 bits per heavy atom. The maximum Gasteiger partial charge on any atom is 0.0710 e. The first-order chi connectivity index (χ1) is 11.8. The van der Waals surface area contributed by atoms with Crippen molar-refractivity contribution in [3.8, 4) is 0 Å². The van der Waals surface area contributed by atoms with E-state index in [1.54, 1.807) is 5.56 Å². The first-order valence-electron chi connectivity index (χ1n) is 9.65. The van der Waals surface area contributed by atoms with Crippen LogP contribution in [0.5, 0.6) is 0 Å². The molecule has 3 heterocycles. The first-order valence-corrected chi connectivity index (χ1v) is 9.65. The van der Waals surface area contributed by atoms with Crippen molar-refractivity contribution in [1.82, 2.24) is 10.2 Å². The Bertz CT molecular complexity index is 541. The van der Waals surface area contributed by atoms with Gasteiger partial charge in [0, 0.05) is 37.8 Å². The van der Waals surface area contributed by atoms with Crippen LogP contribution in [-0.4, -0.2) is 56.9 Å². The fourth-order valence-electron chi connectivity index (χ4n) is 4.83. The molecule has 3 atom stereocenters. The number of likely N-dealkylation sites (tertiary alicyclic amines) is 1. The second-order valence-corrected chi connectivity index (χ2v) is 7.74. The number of hydrogen-bond acceptors (Lipinski definition) is 4. The van der Waals surface area contributed by atoms with E-state index >= 15 is 0 Å². The molecular weight excluding hydrogens is 298 g/mol. The molecule has 3 aliphatic rings. The molecule has 2 saturated heterocycles. The van der Waals surface area contributed by atoms with Crippen LogP contribution >= 0.6 is 0 Å². The smallest absolute Gasteiger partial charge is 0.0710 e. The number of methoxy groups -OCH3 is 1. The fourth-order valence-corrected chi connectivity index (χ4v) is 4.83. The third-order valence-electron chi connectivity index (χ3n) is 6.38. The molecule has 1 aromatic carbocycles. The zero-order valence-electron chi connectivity index (χ0n) is 14.8. The van der Waals surface area contributed by atoms with Crippen LogP contribution < -0.4 is 10.6 Å². The highest BCUT2D eigenvalue weighted by atomic mass is 16.5. The van der Waals surface area contributed by atoms with Gasteiger partial charge in [-0.1, -0.05) is 18.2 Å². The lowest BCUT2D eigenvalue weighted by Gasteiger charge is -2.35. The van der Waals surface area contributed by atoms with Crippen LogP contribution in [0.3, 0.4) is 0 Å². The Morgan fingerprint density at radius 3 is 2.79 bits per heavy atom. The van der Waals surface area contributed by atoms with Gasteiger partial charge in [0.15, 0.2) is 0 Å². The van der Waals surface area contributed by atoms with Gasteiger partial charge in [0.05, 0.1) is 6.10 Å². The van der Waals surface area contributed by atoms with E-state index in [1.165, 1.54) is 51.0 Å². The molecular formula is C20H31N3O. The van der Waals surface area contributed by atoms with E-state index in [2.05, 4.69) is 39.8 Å². The Kier molecular flexibility index (Phi) is 5.06. The van der Waals surface area contributed by atoms with Crippen LogP contribution in [0.1, 0.15) is 37.2 Å². The topological polar surface area (TPSA) is 36.5 Å². The highest BCUT2D eigenvalue weighted by molar-refractivity contribution is 5.57. The van der Waals surface area contributed by atoms with Gasteiger partial charge in [0.1, 0.15) is 0 Å². The minimum atomic E-state index is 0.427. The number of nitrogens with one attached hydrogen (secondary N) is 2. The Labute approximate surface area is 145 Å². The number of piperidine rings is 1. The van der Waals surface area contributed by atoms with Crippen molar-refractivity contribution in [3.05, 3.63) is 29.8 Å². The summed E-state index contributed by atoms with van der Waals surface area (Å²) in [5.74, 6) is 1.57. The third kappa shape index (κ3) is 3.46. The molecule has 0 aromatic heterocycles. The largest absolute Gasteiger partial charge is 0.384 e. The molecule has 0 amide bonds.